The lowest BCUT2D eigenvalue weighted by Gasteiger charge is -2.38. The molecule has 1 N–H and O–H groups in total. The number of imide groups is 1. The van der Waals surface area contributed by atoms with Gasteiger partial charge in [0.05, 0.1) is 0 Å². The van der Waals surface area contributed by atoms with Crippen molar-refractivity contribution in [1.29, 1.82) is 0 Å². The van der Waals surface area contributed by atoms with Crippen LogP contribution in [0.4, 0.5) is 9.59 Å². The standard InChI is InChI=1S/C7H7Cl5N4O2/c1-15-3(8)14-7(12,6(15,10)11)16(2)5(18)13-4(9)17/h1-2H3,(H,13,17,18)/t7-/m0/s1. The Hall–Kier alpha value is -0.140. The SMILES string of the molecule is CN1C(Cl)=N[C@](Cl)(N(C)C(=O)NC(=O)Cl)C1(Cl)Cl. The van der Waals surface area contributed by atoms with E-state index in [0.717, 1.165) is 9.80 Å². The molecule has 18 heavy (non-hydrogen) atoms. The van der Waals surface area contributed by atoms with Crippen molar-refractivity contribution in [3.05, 3.63) is 0 Å². The second kappa shape index (κ2) is 5.09. The maximum atomic E-state index is 11.6. The van der Waals surface area contributed by atoms with E-state index in [9.17, 15) is 9.59 Å². The molecule has 11 heteroatoms. The van der Waals surface area contributed by atoms with Crippen molar-refractivity contribution < 1.29 is 9.59 Å². The fraction of sp³-hybridized carbons (Fsp3) is 0.571. The summed E-state index contributed by atoms with van der Waals surface area (Å²) >= 11 is 28.9. The number of hydrogen-bond donors (Lipinski definition) is 1. The molecule has 102 valence electrons. The maximum Gasteiger partial charge on any atom is 0.327 e. The van der Waals surface area contributed by atoms with Crippen molar-refractivity contribution in [1.82, 2.24) is 15.1 Å². The molecule has 1 heterocycles. The number of amidine groups is 1. The molecule has 3 amide bonds. The number of alkyl halides is 3. The topological polar surface area (TPSA) is 65.0 Å². The summed E-state index contributed by atoms with van der Waals surface area (Å²) in [7, 11) is 2.67. The minimum atomic E-state index is -1.90. The van der Waals surface area contributed by atoms with E-state index in [1.165, 1.54) is 14.1 Å². The number of carbonyl (C=O) groups is 2. The lowest BCUT2D eigenvalue weighted by molar-refractivity contribution is 0.162. The number of aliphatic imine (C=N–C) groups is 1. The highest BCUT2D eigenvalue weighted by Crippen LogP contribution is 2.49. The van der Waals surface area contributed by atoms with Crippen LogP contribution >= 0.6 is 58.0 Å². The Balaban J connectivity index is 3.07. The summed E-state index contributed by atoms with van der Waals surface area (Å²) < 4.78 is -1.81. The third-order valence-corrected chi connectivity index (χ3v) is 4.55. The zero-order valence-corrected chi connectivity index (χ0v) is 12.8. The van der Waals surface area contributed by atoms with E-state index < -0.39 is 21.0 Å². The molecule has 0 radical (unpaired) electrons. The summed E-state index contributed by atoms with van der Waals surface area (Å²) in [6.07, 6.45) is 0. The molecule has 0 unspecified atom stereocenters. The minimum absolute atomic E-state index is 0.0909. The number of nitrogens with zero attached hydrogens (tertiary/aromatic N) is 3. The Morgan fingerprint density at radius 3 is 2.22 bits per heavy atom. The molecule has 0 bridgehead atoms. The van der Waals surface area contributed by atoms with Crippen molar-refractivity contribution in [2.45, 2.75) is 9.58 Å². The highest BCUT2D eigenvalue weighted by molar-refractivity contribution is 6.68. The predicted molar refractivity (Wildman–Crippen MR) is 71.6 cm³/mol. The molecule has 0 aliphatic carbocycles. The van der Waals surface area contributed by atoms with Crippen LogP contribution in [0.15, 0.2) is 4.99 Å². The zero-order chi connectivity index (χ0) is 14.3. The molecule has 0 saturated carbocycles. The van der Waals surface area contributed by atoms with E-state index in [1.54, 1.807) is 5.32 Å². The molecular weight excluding hydrogens is 349 g/mol. The van der Waals surface area contributed by atoms with Crippen LogP contribution in [-0.2, 0) is 0 Å². The van der Waals surface area contributed by atoms with Crippen LogP contribution in [-0.4, -0.2) is 50.2 Å². The largest absolute Gasteiger partial charge is 0.327 e. The number of amides is 3. The van der Waals surface area contributed by atoms with E-state index in [1.807, 2.05) is 0 Å². The van der Waals surface area contributed by atoms with Gasteiger partial charge in [0, 0.05) is 14.1 Å². The fourth-order valence-corrected chi connectivity index (χ4v) is 2.41. The predicted octanol–water partition coefficient (Wildman–Crippen LogP) is 2.55. The van der Waals surface area contributed by atoms with Crippen LogP contribution in [0.1, 0.15) is 0 Å². The molecule has 0 spiro atoms. The van der Waals surface area contributed by atoms with E-state index in [2.05, 4.69) is 4.99 Å². The number of halogens is 5. The normalized spacial score (nSPS) is 25.7. The molecule has 1 aliphatic heterocycles. The van der Waals surface area contributed by atoms with Gasteiger partial charge < -0.3 is 4.90 Å². The van der Waals surface area contributed by atoms with E-state index in [0.29, 0.717) is 0 Å². The first-order valence-electron chi connectivity index (χ1n) is 4.34. The van der Waals surface area contributed by atoms with Crippen LogP contribution in [0, 0.1) is 0 Å². The molecule has 0 aromatic carbocycles. The van der Waals surface area contributed by atoms with Crippen LogP contribution in [0.25, 0.3) is 0 Å². The summed E-state index contributed by atoms with van der Waals surface area (Å²) in [6.45, 7) is 0. The van der Waals surface area contributed by atoms with Gasteiger partial charge in [0.15, 0.2) is 5.29 Å². The zero-order valence-electron chi connectivity index (χ0n) is 9.05. The lowest BCUT2D eigenvalue weighted by atomic mass is 10.4. The van der Waals surface area contributed by atoms with Gasteiger partial charge in [0.2, 0.25) is 0 Å². The van der Waals surface area contributed by atoms with Crippen LogP contribution in [0.3, 0.4) is 0 Å². The number of rotatable bonds is 1. The van der Waals surface area contributed by atoms with Crippen molar-refractivity contribution in [2.75, 3.05) is 14.1 Å². The average molecular weight is 356 g/mol. The van der Waals surface area contributed by atoms with Gasteiger partial charge in [-0.2, -0.15) is 0 Å². The Bertz CT molecular complexity index is 428. The Kier molecular flexibility index (Phi) is 4.50. The number of urea groups is 1. The molecule has 6 nitrogen and oxygen atoms in total. The number of carbonyl (C=O) groups excluding carboxylic acids is 2. The molecule has 0 saturated heterocycles. The Morgan fingerprint density at radius 1 is 1.39 bits per heavy atom. The van der Waals surface area contributed by atoms with Gasteiger partial charge >= 0.3 is 11.4 Å². The lowest BCUT2D eigenvalue weighted by Crippen LogP contribution is -2.59. The molecule has 1 rings (SSSR count). The first-order valence-corrected chi connectivity index (χ1v) is 6.23. The molecule has 0 aromatic heterocycles. The van der Waals surface area contributed by atoms with Crippen LogP contribution < -0.4 is 5.32 Å². The Morgan fingerprint density at radius 2 is 1.89 bits per heavy atom. The second-order valence-corrected chi connectivity index (χ2v) is 5.83. The second-order valence-electron chi connectivity index (χ2n) is 3.33. The number of likely N-dealkylation sites (N-methyl/N-ethyl adjacent to an activating group) is 2. The smallest absolute Gasteiger partial charge is 0.314 e. The fourth-order valence-electron chi connectivity index (χ4n) is 1.17. The van der Waals surface area contributed by atoms with Crippen molar-refractivity contribution in [3.63, 3.8) is 0 Å². The van der Waals surface area contributed by atoms with Gasteiger partial charge in [-0.3, -0.25) is 15.0 Å². The van der Waals surface area contributed by atoms with Crippen molar-refractivity contribution in [3.8, 4) is 0 Å². The maximum absolute atomic E-state index is 11.6. The highest BCUT2D eigenvalue weighted by atomic mass is 35.5. The summed E-state index contributed by atoms with van der Waals surface area (Å²) in [6, 6.07) is -0.931. The molecule has 1 aliphatic rings. The first kappa shape index (κ1) is 15.9. The first-order chi connectivity index (χ1) is 8.04. The highest BCUT2D eigenvalue weighted by Gasteiger charge is 2.61. The van der Waals surface area contributed by atoms with Crippen LogP contribution in [0.5, 0.6) is 0 Å². The van der Waals surface area contributed by atoms with Gasteiger partial charge in [-0.05, 0) is 23.2 Å². The van der Waals surface area contributed by atoms with E-state index >= 15 is 0 Å². The molecule has 0 fully saturated rings. The van der Waals surface area contributed by atoms with Crippen molar-refractivity contribution in [2.24, 2.45) is 4.99 Å². The van der Waals surface area contributed by atoms with Gasteiger partial charge in [-0.15, -0.1) is 0 Å². The van der Waals surface area contributed by atoms with Crippen LogP contribution in [0.2, 0.25) is 0 Å². The van der Waals surface area contributed by atoms with Gasteiger partial charge in [-0.25, -0.2) is 9.79 Å². The van der Waals surface area contributed by atoms with E-state index in [-0.39, 0.29) is 5.29 Å². The number of hydrogen-bond acceptors (Lipinski definition) is 4. The third-order valence-electron chi connectivity index (χ3n) is 2.28. The molecule has 1 atom stereocenters. The summed E-state index contributed by atoms with van der Waals surface area (Å²) in [5.74, 6) is 0. The summed E-state index contributed by atoms with van der Waals surface area (Å²) in [5, 5.41) is -1.28. The molecular formula is C7H7Cl5N4O2. The quantitative estimate of drug-likeness (QED) is 0.446. The number of nitrogens with one attached hydrogen (secondary N) is 1. The minimum Gasteiger partial charge on any atom is -0.314 e. The van der Waals surface area contributed by atoms with Gasteiger partial charge in [0.1, 0.15) is 0 Å². The monoisotopic (exact) mass is 354 g/mol. The van der Waals surface area contributed by atoms with Gasteiger partial charge in [0.25, 0.3) is 9.58 Å². The van der Waals surface area contributed by atoms with Gasteiger partial charge in [-0.1, -0.05) is 34.8 Å². The summed E-state index contributed by atoms with van der Waals surface area (Å²) in [4.78, 5) is 28.0. The third kappa shape index (κ3) is 2.44. The Labute approximate surface area is 128 Å². The average Bonchev–Trinajstić information content (AvgIpc) is 2.38. The van der Waals surface area contributed by atoms with E-state index in [4.69, 9.17) is 58.0 Å². The van der Waals surface area contributed by atoms with Crippen molar-refractivity contribution >= 4 is 74.7 Å². The molecule has 0 aromatic rings. The summed E-state index contributed by atoms with van der Waals surface area (Å²) in [5.41, 5.74) is 0.